The van der Waals surface area contributed by atoms with Crippen LogP contribution in [0.4, 0.5) is 8.78 Å². The molecule has 5 nitrogen and oxygen atoms in total. The van der Waals surface area contributed by atoms with Crippen LogP contribution in [0.15, 0.2) is 29.2 Å². The first-order valence-electron chi connectivity index (χ1n) is 7.89. The number of halogens is 2. The number of sulfonamides is 1. The Kier molecular flexibility index (Phi) is 4.37. The van der Waals surface area contributed by atoms with Gasteiger partial charge in [-0.25, -0.2) is 17.2 Å². The summed E-state index contributed by atoms with van der Waals surface area (Å²) < 4.78 is 51.5. The second kappa shape index (κ2) is 6.07. The minimum Gasteiger partial charge on any atom is -0.349 e. The quantitative estimate of drug-likeness (QED) is 0.848. The molecular formula is C16H20F2N2O3S. The van der Waals surface area contributed by atoms with Crippen LogP contribution in [0.3, 0.4) is 0 Å². The van der Waals surface area contributed by atoms with Crippen LogP contribution in [-0.2, 0) is 10.0 Å². The van der Waals surface area contributed by atoms with E-state index in [4.69, 9.17) is 0 Å². The van der Waals surface area contributed by atoms with E-state index in [0.717, 1.165) is 12.8 Å². The molecule has 132 valence electrons. The van der Waals surface area contributed by atoms with E-state index in [-0.39, 0.29) is 36.4 Å². The van der Waals surface area contributed by atoms with Crippen molar-refractivity contribution in [3.8, 4) is 0 Å². The van der Waals surface area contributed by atoms with Gasteiger partial charge in [-0.05, 0) is 31.0 Å². The van der Waals surface area contributed by atoms with E-state index in [2.05, 4.69) is 5.32 Å². The van der Waals surface area contributed by atoms with E-state index in [0.29, 0.717) is 5.56 Å². The number of hydrogen-bond donors (Lipinski definition) is 1. The van der Waals surface area contributed by atoms with Crippen molar-refractivity contribution in [2.45, 2.75) is 43.5 Å². The second-order valence-electron chi connectivity index (χ2n) is 6.95. The van der Waals surface area contributed by atoms with Crippen molar-refractivity contribution in [3.05, 3.63) is 29.8 Å². The molecule has 0 bridgehead atoms. The molecule has 1 amide bonds. The maximum Gasteiger partial charge on any atom is 0.251 e. The largest absolute Gasteiger partial charge is 0.349 e. The second-order valence-corrected chi connectivity index (χ2v) is 8.89. The minimum absolute atomic E-state index is 0.0186. The lowest BCUT2D eigenvalue weighted by atomic mass is 9.81. The molecule has 0 atom stereocenters. The van der Waals surface area contributed by atoms with Crippen molar-refractivity contribution in [2.24, 2.45) is 5.41 Å². The highest BCUT2D eigenvalue weighted by molar-refractivity contribution is 7.89. The Balaban J connectivity index is 1.72. The predicted octanol–water partition coefficient (Wildman–Crippen LogP) is 2.24. The molecule has 2 fully saturated rings. The molecule has 8 heteroatoms. The van der Waals surface area contributed by atoms with Gasteiger partial charge in [0.05, 0.1) is 4.90 Å². The van der Waals surface area contributed by atoms with Gasteiger partial charge in [-0.2, -0.15) is 4.31 Å². The summed E-state index contributed by atoms with van der Waals surface area (Å²) in [6.45, 7) is 1.79. The van der Waals surface area contributed by atoms with Crippen molar-refractivity contribution < 1.29 is 22.0 Å². The Morgan fingerprint density at radius 3 is 2.62 bits per heavy atom. The fraction of sp³-hybridized carbons (Fsp3) is 0.562. The van der Waals surface area contributed by atoms with Crippen molar-refractivity contribution in [1.82, 2.24) is 9.62 Å². The SMILES string of the molecule is CC1(CC(F)F)CN(S(=O)(=O)c2cccc(C(=O)NC3CC3)c2)C1. The maximum atomic E-state index is 12.6. The van der Waals surface area contributed by atoms with Gasteiger partial charge in [0, 0.05) is 36.5 Å². The molecule has 0 spiro atoms. The smallest absolute Gasteiger partial charge is 0.251 e. The molecule has 1 saturated heterocycles. The van der Waals surface area contributed by atoms with Gasteiger partial charge in [0.15, 0.2) is 0 Å². The minimum atomic E-state index is -3.77. The summed E-state index contributed by atoms with van der Waals surface area (Å²) in [5.74, 6) is -0.291. The van der Waals surface area contributed by atoms with Crippen LogP contribution in [0.5, 0.6) is 0 Å². The summed E-state index contributed by atoms with van der Waals surface area (Å²) in [7, 11) is -3.77. The topological polar surface area (TPSA) is 66.5 Å². The van der Waals surface area contributed by atoms with E-state index in [1.54, 1.807) is 13.0 Å². The van der Waals surface area contributed by atoms with Crippen LogP contribution in [0.2, 0.25) is 0 Å². The lowest BCUT2D eigenvalue weighted by molar-refractivity contribution is 0.00977. The Bertz CT molecular complexity index is 741. The Hall–Kier alpha value is -1.54. The van der Waals surface area contributed by atoms with Crippen molar-refractivity contribution in [2.75, 3.05) is 13.1 Å². The summed E-state index contributed by atoms with van der Waals surface area (Å²) in [5.41, 5.74) is -0.402. The van der Waals surface area contributed by atoms with Gasteiger partial charge in [-0.15, -0.1) is 0 Å². The van der Waals surface area contributed by atoms with Gasteiger partial charge < -0.3 is 5.32 Å². The number of carbonyl (C=O) groups excluding carboxylic acids is 1. The lowest BCUT2D eigenvalue weighted by Gasteiger charge is -2.46. The highest BCUT2D eigenvalue weighted by atomic mass is 32.2. The van der Waals surface area contributed by atoms with Crippen LogP contribution >= 0.6 is 0 Å². The summed E-state index contributed by atoms with van der Waals surface area (Å²) in [5, 5.41) is 2.81. The zero-order valence-electron chi connectivity index (χ0n) is 13.3. The van der Waals surface area contributed by atoms with Crippen molar-refractivity contribution in [1.29, 1.82) is 0 Å². The number of rotatable bonds is 6. The Morgan fingerprint density at radius 2 is 2.04 bits per heavy atom. The molecule has 1 heterocycles. The van der Waals surface area contributed by atoms with Gasteiger partial charge in [0.25, 0.3) is 5.91 Å². The summed E-state index contributed by atoms with van der Waals surface area (Å²) in [6, 6.07) is 6.03. The number of carbonyl (C=O) groups is 1. The molecule has 24 heavy (non-hydrogen) atoms. The van der Waals surface area contributed by atoms with Crippen molar-refractivity contribution >= 4 is 15.9 Å². The first-order valence-corrected chi connectivity index (χ1v) is 9.33. The normalized spacial score (nSPS) is 20.7. The maximum absolute atomic E-state index is 12.6. The third kappa shape index (κ3) is 3.59. The van der Waals surface area contributed by atoms with Gasteiger partial charge in [0.1, 0.15) is 0 Å². The molecule has 1 saturated carbocycles. The zero-order valence-corrected chi connectivity index (χ0v) is 14.2. The van der Waals surface area contributed by atoms with E-state index in [9.17, 15) is 22.0 Å². The predicted molar refractivity (Wildman–Crippen MR) is 84.4 cm³/mol. The van der Waals surface area contributed by atoms with E-state index in [1.807, 2.05) is 0 Å². The van der Waals surface area contributed by atoms with E-state index >= 15 is 0 Å². The number of alkyl halides is 2. The average Bonchev–Trinajstić information content (AvgIpc) is 3.28. The number of nitrogens with zero attached hydrogens (tertiary/aromatic N) is 1. The monoisotopic (exact) mass is 358 g/mol. The summed E-state index contributed by atoms with van der Waals surface area (Å²) in [4.78, 5) is 12.1. The third-order valence-electron chi connectivity index (χ3n) is 4.41. The third-order valence-corrected chi connectivity index (χ3v) is 6.20. The average molecular weight is 358 g/mol. The van der Waals surface area contributed by atoms with Gasteiger partial charge >= 0.3 is 0 Å². The van der Waals surface area contributed by atoms with Crippen LogP contribution in [0.1, 0.15) is 36.5 Å². The molecule has 0 aromatic heterocycles. The van der Waals surface area contributed by atoms with Crippen molar-refractivity contribution in [3.63, 3.8) is 0 Å². The molecule has 1 aliphatic carbocycles. The van der Waals surface area contributed by atoms with E-state index < -0.39 is 21.9 Å². The van der Waals surface area contributed by atoms with Gasteiger partial charge in [-0.1, -0.05) is 13.0 Å². The Labute approximate surface area is 140 Å². The fourth-order valence-electron chi connectivity index (χ4n) is 2.92. The fourth-order valence-corrected chi connectivity index (χ4v) is 4.71. The zero-order chi connectivity index (χ0) is 17.5. The molecule has 1 N–H and O–H groups in total. The molecule has 2 aliphatic rings. The highest BCUT2D eigenvalue weighted by Gasteiger charge is 2.46. The highest BCUT2D eigenvalue weighted by Crippen LogP contribution is 2.39. The van der Waals surface area contributed by atoms with Crippen LogP contribution < -0.4 is 5.32 Å². The van der Waals surface area contributed by atoms with Crippen LogP contribution in [0, 0.1) is 5.41 Å². The molecular weight excluding hydrogens is 338 g/mol. The lowest BCUT2D eigenvalue weighted by Crippen LogP contribution is -2.57. The van der Waals surface area contributed by atoms with Gasteiger partial charge in [-0.3, -0.25) is 4.79 Å². The van der Waals surface area contributed by atoms with Crippen LogP contribution in [-0.4, -0.2) is 44.2 Å². The number of nitrogens with one attached hydrogen (secondary N) is 1. The first kappa shape index (κ1) is 17.3. The molecule has 1 aromatic carbocycles. The van der Waals surface area contributed by atoms with Gasteiger partial charge in [0.2, 0.25) is 16.4 Å². The molecule has 1 aromatic rings. The molecule has 0 unspecified atom stereocenters. The number of amides is 1. The molecule has 3 rings (SSSR count). The van der Waals surface area contributed by atoms with E-state index in [1.165, 1.54) is 22.5 Å². The standard InChI is InChI=1S/C16H20F2N2O3S/c1-16(8-14(17)18)9-20(10-16)24(22,23)13-4-2-3-11(7-13)15(21)19-12-5-6-12/h2-4,7,12,14H,5-6,8-10H2,1H3,(H,19,21). The molecule has 0 radical (unpaired) electrons. The first-order chi connectivity index (χ1) is 11.2. The number of hydrogen-bond acceptors (Lipinski definition) is 3. The Morgan fingerprint density at radius 1 is 1.38 bits per heavy atom. The summed E-state index contributed by atoms with van der Waals surface area (Å²) in [6.07, 6.45) is -0.877. The van der Waals surface area contributed by atoms with Crippen LogP contribution in [0.25, 0.3) is 0 Å². The summed E-state index contributed by atoms with van der Waals surface area (Å²) >= 11 is 0. The molecule has 1 aliphatic heterocycles. The number of benzene rings is 1.